The number of nitrogens with two attached hydrogens (primary N) is 1. The highest BCUT2D eigenvalue weighted by Crippen LogP contribution is 2.22. The first kappa shape index (κ1) is 10.7. The van der Waals surface area contributed by atoms with Gasteiger partial charge in [0.2, 0.25) is 0 Å². The summed E-state index contributed by atoms with van der Waals surface area (Å²) in [5.74, 6) is 1.17. The molecule has 3 nitrogen and oxygen atoms in total. The van der Waals surface area contributed by atoms with Crippen molar-refractivity contribution in [2.45, 2.75) is 58.5 Å². The predicted octanol–water partition coefficient (Wildman–Crippen LogP) is 1.81. The van der Waals surface area contributed by atoms with Gasteiger partial charge in [0.15, 0.2) is 0 Å². The van der Waals surface area contributed by atoms with Gasteiger partial charge >= 0.3 is 0 Å². The van der Waals surface area contributed by atoms with Crippen molar-refractivity contribution in [1.29, 1.82) is 0 Å². The van der Waals surface area contributed by atoms with Gasteiger partial charge in [0.25, 0.3) is 0 Å². The second-order valence-corrected chi connectivity index (χ2v) is 4.68. The van der Waals surface area contributed by atoms with Crippen LogP contribution in [0.1, 0.15) is 43.4 Å². The normalized spacial score (nSPS) is 17.5. The Balaban J connectivity index is 2.18. The molecule has 2 rings (SSSR count). The molecule has 1 atom stereocenters. The van der Waals surface area contributed by atoms with E-state index in [1.54, 1.807) is 0 Å². The highest BCUT2D eigenvalue weighted by Gasteiger charge is 2.17. The minimum absolute atomic E-state index is 0.283. The summed E-state index contributed by atoms with van der Waals surface area (Å²) in [4.78, 5) is 4.65. The molecule has 2 N–H and O–H groups in total. The number of rotatable bonds is 3. The predicted molar refractivity (Wildman–Crippen MR) is 61.9 cm³/mol. The average molecular weight is 207 g/mol. The summed E-state index contributed by atoms with van der Waals surface area (Å²) in [6.07, 6.45) is 6.03. The van der Waals surface area contributed by atoms with E-state index in [1.807, 2.05) is 0 Å². The van der Waals surface area contributed by atoms with Crippen LogP contribution < -0.4 is 5.73 Å². The molecule has 1 aromatic heterocycles. The Kier molecular flexibility index (Phi) is 3.10. The lowest BCUT2D eigenvalue weighted by molar-refractivity contribution is 0.534. The first-order chi connectivity index (χ1) is 7.18. The minimum atomic E-state index is 0.283. The molecule has 0 amide bonds. The van der Waals surface area contributed by atoms with Gasteiger partial charge in [0.05, 0.1) is 5.69 Å². The molecule has 1 unspecified atom stereocenters. The van der Waals surface area contributed by atoms with Crippen LogP contribution >= 0.6 is 0 Å². The van der Waals surface area contributed by atoms with Crippen molar-refractivity contribution < 1.29 is 0 Å². The molecule has 0 aliphatic heterocycles. The lowest BCUT2D eigenvalue weighted by atomic mass is 10.0. The van der Waals surface area contributed by atoms with Crippen molar-refractivity contribution in [3.05, 3.63) is 17.2 Å². The van der Waals surface area contributed by atoms with Crippen molar-refractivity contribution in [3.8, 4) is 0 Å². The Morgan fingerprint density at radius 1 is 1.40 bits per heavy atom. The van der Waals surface area contributed by atoms with Gasteiger partial charge in [0, 0.05) is 18.3 Å². The lowest BCUT2D eigenvalue weighted by Gasteiger charge is -2.15. The molecule has 0 saturated heterocycles. The fourth-order valence-electron chi connectivity index (χ4n) is 2.37. The first-order valence-corrected chi connectivity index (χ1v) is 5.99. The second-order valence-electron chi connectivity index (χ2n) is 4.68. The Labute approximate surface area is 91.7 Å². The molecule has 1 heterocycles. The number of aromatic nitrogens is 2. The van der Waals surface area contributed by atoms with Gasteiger partial charge in [-0.25, -0.2) is 4.98 Å². The molecule has 1 aliphatic carbocycles. The van der Waals surface area contributed by atoms with Gasteiger partial charge in [-0.3, -0.25) is 0 Å². The Hall–Kier alpha value is -0.830. The maximum Gasteiger partial charge on any atom is 0.106 e. The third-order valence-electron chi connectivity index (χ3n) is 3.23. The van der Waals surface area contributed by atoms with Crippen molar-refractivity contribution >= 4 is 0 Å². The van der Waals surface area contributed by atoms with Gasteiger partial charge in [-0.1, -0.05) is 0 Å². The van der Waals surface area contributed by atoms with Crippen LogP contribution in [-0.2, 0) is 19.4 Å². The van der Waals surface area contributed by atoms with Gasteiger partial charge in [-0.05, 0) is 46.0 Å². The molecule has 0 aromatic carbocycles. The minimum Gasteiger partial charge on any atom is -0.332 e. The van der Waals surface area contributed by atoms with E-state index < -0.39 is 0 Å². The van der Waals surface area contributed by atoms with Crippen LogP contribution in [0.4, 0.5) is 0 Å². The number of hydrogen-bond donors (Lipinski definition) is 1. The Morgan fingerprint density at radius 3 is 2.87 bits per heavy atom. The summed E-state index contributed by atoms with van der Waals surface area (Å²) < 4.78 is 2.37. The zero-order valence-corrected chi connectivity index (χ0v) is 9.79. The Morgan fingerprint density at radius 2 is 2.13 bits per heavy atom. The summed E-state index contributed by atoms with van der Waals surface area (Å²) in [6, 6.07) is 0.283. The van der Waals surface area contributed by atoms with Gasteiger partial charge in [-0.2, -0.15) is 0 Å². The van der Waals surface area contributed by atoms with Gasteiger partial charge in [0.1, 0.15) is 5.82 Å². The third-order valence-corrected chi connectivity index (χ3v) is 3.23. The Bertz CT molecular complexity index is 339. The third kappa shape index (κ3) is 2.23. The van der Waals surface area contributed by atoms with Crippen molar-refractivity contribution in [1.82, 2.24) is 9.55 Å². The van der Waals surface area contributed by atoms with Crippen LogP contribution in [-0.4, -0.2) is 15.6 Å². The SMILES string of the molecule is Cc1nc2c(n1CCC(C)N)CCCC2. The van der Waals surface area contributed by atoms with E-state index in [-0.39, 0.29) is 6.04 Å². The lowest BCUT2D eigenvalue weighted by Crippen LogP contribution is -2.19. The van der Waals surface area contributed by atoms with E-state index in [9.17, 15) is 0 Å². The molecule has 0 bridgehead atoms. The van der Waals surface area contributed by atoms with Crippen LogP contribution in [0, 0.1) is 6.92 Å². The van der Waals surface area contributed by atoms with Crippen LogP contribution in [0.15, 0.2) is 0 Å². The highest BCUT2D eigenvalue weighted by molar-refractivity contribution is 5.19. The van der Waals surface area contributed by atoms with Crippen molar-refractivity contribution in [2.75, 3.05) is 0 Å². The average Bonchev–Trinajstić information content (AvgIpc) is 2.50. The first-order valence-electron chi connectivity index (χ1n) is 5.99. The molecular formula is C12H21N3. The fourth-order valence-corrected chi connectivity index (χ4v) is 2.37. The van der Waals surface area contributed by atoms with E-state index in [4.69, 9.17) is 5.73 Å². The van der Waals surface area contributed by atoms with Crippen LogP contribution in [0.5, 0.6) is 0 Å². The standard InChI is InChI=1S/C12H21N3/c1-9(13)7-8-15-10(2)14-11-5-3-4-6-12(11)15/h9H,3-8,13H2,1-2H3. The molecule has 3 heteroatoms. The maximum atomic E-state index is 5.80. The number of hydrogen-bond acceptors (Lipinski definition) is 2. The molecule has 0 radical (unpaired) electrons. The molecule has 0 saturated carbocycles. The van der Waals surface area contributed by atoms with Crippen LogP contribution in [0.25, 0.3) is 0 Å². The van der Waals surface area contributed by atoms with Crippen LogP contribution in [0.3, 0.4) is 0 Å². The van der Waals surface area contributed by atoms with E-state index in [0.717, 1.165) is 13.0 Å². The molecule has 0 fully saturated rings. The quantitative estimate of drug-likeness (QED) is 0.821. The number of nitrogens with zero attached hydrogens (tertiary/aromatic N) is 2. The zero-order valence-electron chi connectivity index (χ0n) is 9.79. The monoisotopic (exact) mass is 207 g/mol. The molecule has 15 heavy (non-hydrogen) atoms. The van der Waals surface area contributed by atoms with Crippen molar-refractivity contribution in [3.63, 3.8) is 0 Å². The summed E-state index contributed by atoms with van der Waals surface area (Å²) in [6.45, 7) is 5.21. The number of aryl methyl sites for hydroxylation is 2. The zero-order chi connectivity index (χ0) is 10.8. The van der Waals surface area contributed by atoms with Gasteiger partial charge < -0.3 is 10.3 Å². The number of imidazole rings is 1. The van der Waals surface area contributed by atoms with E-state index >= 15 is 0 Å². The molecule has 1 aliphatic rings. The fraction of sp³-hybridized carbons (Fsp3) is 0.750. The van der Waals surface area contributed by atoms with Crippen LogP contribution in [0.2, 0.25) is 0 Å². The highest BCUT2D eigenvalue weighted by atomic mass is 15.1. The molecule has 1 aromatic rings. The summed E-state index contributed by atoms with van der Waals surface area (Å²) in [7, 11) is 0. The second kappa shape index (κ2) is 4.35. The van der Waals surface area contributed by atoms with E-state index in [2.05, 4.69) is 23.4 Å². The summed E-state index contributed by atoms with van der Waals surface area (Å²) >= 11 is 0. The maximum absolute atomic E-state index is 5.80. The van der Waals surface area contributed by atoms with E-state index in [1.165, 1.54) is 42.9 Å². The number of fused-ring (bicyclic) bond motifs is 1. The molecule has 0 spiro atoms. The summed E-state index contributed by atoms with van der Waals surface area (Å²) in [5, 5.41) is 0. The molecule has 84 valence electrons. The smallest absolute Gasteiger partial charge is 0.106 e. The van der Waals surface area contributed by atoms with Gasteiger partial charge in [-0.15, -0.1) is 0 Å². The summed E-state index contributed by atoms with van der Waals surface area (Å²) in [5.41, 5.74) is 8.61. The van der Waals surface area contributed by atoms with Crippen molar-refractivity contribution in [2.24, 2.45) is 5.73 Å². The van der Waals surface area contributed by atoms with E-state index in [0.29, 0.717) is 0 Å². The topological polar surface area (TPSA) is 43.8 Å². The largest absolute Gasteiger partial charge is 0.332 e. The molecular weight excluding hydrogens is 186 g/mol.